The van der Waals surface area contributed by atoms with Gasteiger partial charge >= 0.3 is 0 Å². The van der Waals surface area contributed by atoms with E-state index in [2.05, 4.69) is 4.90 Å². The predicted molar refractivity (Wildman–Crippen MR) is 73.5 cm³/mol. The molecular formula is C15H29NO2. The van der Waals surface area contributed by atoms with Crippen LogP contribution in [0.4, 0.5) is 0 Å². The van der Waals surface area contributed by atoms with Crippen molar-refractivity contribution >= 4 is 0 Å². The second-order valence-electron chi connectivity index (χ2n) is 6.12. The highest BCUT2D eigenvalue weighted by atomic mass is 16.3. The number of hydrogen-bond donors (Lipinski definition) is 2. The van der Waals surface area contributed by atoms with E-state index in [0.717, 1.165) is 25.8 Å². The van der Waals surface area contributed by atoms with Crippen LogP contribution in [0.25, 0.3) is 0 Å². The Kier molecular flexibility index (Phi) is 5.93. The first kappa shape index (κ1) is 14.3. The number of rotatable bonds is 5. The Labute approximate surface area is 111 Å². The van der Waals surface area contributed by atoms with Gasteiger partial charge in [-0.2, -0.15) is 0 Å². The fraction of sp³-hybridized carbons (Fsp3) is 1.00. The van der Waals surface area contributed by atoms with Crippen LogP contribution in [0.15, 0.2) is 0 Å². The summed E-state index contributed by atoms with van der Waals surface area (Å²) in [6.07, 6.45) is 10.5. The summed E-state index contributed by atoms with van der Waals surface area (Å²) in [7, 11) is 0. The Morgan fingerprint density at radius 3 is 2.67 bits per heavy atom. The number of aliphatic hydroxyl groups is 2. The molecule has 1 aliphatic heterocycles. The lowest BCUT2D eigenvalue weighted by Crippen LogP contribution is -2.38. The highest BCUT2D eigenvalue weighted by molar-refractivity contribution is 4.83. The van der Waals surface area contributed by atoms with Crippen molar-refractivity contribution in [2.24, 2.45) is 5.92 Å². The molecule has 18 heavy (non-hydrogen) atoms. The molecule has 2 fully saturated rings. The van der Waals surface area contributed by atoms with Crippen LogP contribution >= 0.6 is 0 Å². The largest absolute Gasteiger partial charge is 0.396 e. The molecule has 0 spiro atoms. The Morgan fingerprint density at radius 1 is 1.00 bits per heavy atom. The van der Waals surface area contributed by atoms with Crippen LogP contribution in [0.3, 0.4) is 0 Å². The zero-order chi connectivity index (χ0) is 12.8. The molecule has 0 bridgehead atoms. The number of likely N-dealkylation sites (tertiary alicyclic amines) is 1. The molecule has 2 rings (SSSR count). The van der Waals surface area contributed by atoms with Crippen molar-refractivity contribution < 1.29 is 10.2 Å². The van der Waals surface area contributed by atoms with E-state index in [1.807, 2.05) is 0 Å². The van der Waals surface area contributed by atoms with Gasteiger partial charge in [0.25, 0.3) is 0 Å². The Bertz CT molecular complexity index is 235. The van der Waals surface area contributed by atoms with Crippen LogP contribution in [0.2, 0.25) is 0 Å². The molecule has 2 N–H and O–H groups in total. The highest BCUT2D eigenvalue weighted by Gasteiger charge is 2.29. The molecule has 2 aliphatic rings. The molecule has 3 heteroatoms. The Hall–Kier alpha value is -0.120. The van der Waals surface area contributed by atoms with Crippen LogP contribution in [0, 0.1) is 5.92 Å². The van der Waals surface area contributed by atoms with E-state index in [0.29, 0.717) is 18.6 Å². The molecule has 3 nitrogen and oxygen atoms in total. The summed E-state index contributed by atoms with van der Waals surface area (Å²) in [6, 6.07) is 0.660. The molecule has 1 aliphatic carbocycles. The Morgan fingerprint density at radius 2 is 1.83 bits per heavy atom. The van der Waals surface area contributed by atoms with Crippen LogP contribution in [-0.4, -0.2) is 47.0 Å². The summed E-state index contributed by atoms with van der Waals surface area (Å²) in [5, 5.41) is 19.2. The molecule has 3 unspecified atom stereocenters. The van der Waals surface area contributed by atoms with Gasteiger partial charge in [-0.05, 0) is 51.0 Å². The topological polar surface area (TPSA) is 43.7 Å². The van der Waals surface area contributed by atoms with E-state index < -0.39 is 0 Å². The third kappa shape index (κ3) is 3.94. The minimum absolute atomic E-state index is 0.0772. The zero-order valence-electron chi connectivity index (χ0n) is 11.6. The normalized spacial score (nSPS) is 34.7. The predicted octanol–water partition coefficient (Wildman–Crippen LogP) is 2.16. The standard InChI is InChI=1S/C15H29NO2/c17-11-5-8-14-7-4-10-16(14)12-13-6-2-1-3-9-15(13)18/h13-15,17-18H,1-12H2. The monoisotopic (exact) mass is 255 g/mol. The third-order valence-corrected chi connectivity index (χ3v) is 4.78. The summed E-state index contributed by atoms with van der Waals surface area (Å²) >= 11 is 0. The van der Waals surface area contributed by atoms with E-state index >= 15 is 0 Å². The Balaban J connectivity index is 1.82. The van der Waals surface area contributed by atoms with Gasteiger partial charge in [0.2, 0.25) is 0 Å². The minimum atomic E-state index is -0.0772. The highest BCUT2D eigenvalue weighted by Crippen LogP contribution is 2.28. The van der Waals surface area contributed by atoms with Crippen molar-refractivity contribution in [1.82, 2.24) is 4.90 Å². The summed E-state index contributed by atoms with van der Waals surface area (Å²) < 4.78 is 0. The van der Waals surface area contributed by atoms with Gasteiger partial charge in [0.05, 0.1) is 6.10 Å². The first-order valence-electron chi connectivity index (χ1n) is 7.84. The molecule has 106 valence electrons. The van der Waals surface area contributed by atoms with Crippen molar-refractivity contribution in [2.75, 3.05) is 19.7 Å². The average molecular weight is 255 g/mol. The van der Waals surface area contributed by atoms with Gasteiger partial charge in [0.1, 0.15) is 0 Å². The molecule has 3 atom stereocenters. The molecule has 0 amide bonds. The van der Waals surface area contributed by atoms with E-state index in [4.69, 9.17) is 5.11 Å². The fourth-order valence-electron chi connectivity index (χ4n) is 3.67. The van der Waals surface area contributed by atoms with Crippen LogP contribution < -0.4 is 0 Å². The van der Waals surface area contributed by atoms with Crippen molar-refractivity contribution in [1.29, 1.82) is 0 Å². The maximum absolute atomic E-state index is 10.2. The van der Waals surface area contributed by atoms with Gasteiger partial charge in [-0.15, -0.1) is 0 Å². The summed E-state index contributed by atoms with van der Waals surface area (Å²) in [5.74, 6) is 0.488. The minimum Gasteiger partial charge on any atom is -0.396 e. The second-order valence-corrected chi connectivity index (χ2v) is 6.12. The SMILES string of the molecule is OCCCC1CCCN1CC1CCCCCC1O. The maximum atomic E-state index is 10.2. The number of aliphatic hydroxyl groups excluding tert-OH is 2. The molecule has 1 saturated heterocycles. The average Bonchev–Trinajstić information content (AvgIpc) is 2.71. The van der Waals surface area contributed by atoms with E-state index in [1.165, 1.54) is 45.1 Å². The molecular weight excluding hydrogens is 226 g/mol. The smallest absolute Gasteiger partial charge is 0.0580 e. The third-order valence-electron chi connectivity index (χ3n) is 4.78. The molecule has 1 heterocycles. The van der Waals surface area contributed by atoms with Gasteiger partial charge in [0.15, 0.2) is 0 Å². The molecule has 0 aromatic rings. The lowest BCUT2D eigenvalue weighted by Gasteiger charge is -2.30. The van der Waals surface area contributed by atoms with Crippen molar-refractivity contribution in [3.8, 4) is 0 Å². The summed E-state index contributed by atoms with van der Waals surface area (Å²) in [4.78, 5) is 2.58. The first-order chi connectivity index (χ1) is 8.81. The number of hydrogen-bond acceptors (Lipinski definition) is 3. The molecule has 1 saturated carbocycles. The van der Waals surface area contributed by atoms with E-state index in [-0.39, 0.29) is 6.10 Å². The van der Waals surface area contributed by atoms with Crippen LogP contribution in [0.5, 0.6) is 0 Å². The molecule has 0 aromatic carbocycles. The van der Waals surface area contributed by atoms with Gasteiger partial charge in [0, 0.05) is 19.2 Å². The van der Waals surface area contributed by atoms with E-state index in [1.54, 1.807) is 0 Å². The van der Waals surface area contributed by atoms with Crippen molar-refractivity contribution in [3.63, 3.8) is 0 Å². The lowest BCUT2D eigenvalue weighted by atomic mass is 9.96. The van der Waals surface area contributed by atoms with Crippen LogP contribution in [-0.2, 0) is 0 Å². The lowest BCUT2D eigenvalue weighted by molar-refractivity contribution is 0.0681. The summed E-state index contributed by atoms with van der Waals surface area (Å²) in [5.41, 5.74) is 0. The second kappa shape index (κ2) is 7.46. The number of nitrogens with zero attached hydrogens (tertiary/aromatic N) is 1. The van der Waals surface area contributed by atoms with Crippen molar-refractivity contribution in [2.45, 2.75) is 69.9 Å². The van der Waals surface area contributed by atoms with Crippen molar-refractivity contribution in [3.05, 3.63) is 0 Å². The molecule has 0 radical (unpaired) electrons. The quantitative estimate of drug-likeness (QED) is 0.740. The fourth-order valence-corrected chi connectivity index (χ4v) is 3.67. The van der Waals surface area contributed by atoms with Crippen LogP contribution in [0.1, 0.15) is 57.8 Å². The maximum Gasteiger partial charge on any atom is 0.0580 e. The van der Waals surface area contributed by atoms with Gasteiger partial charge in [-0.1, -0.05) is 19.3 Å². The first-order valence-corrected chi connectivity index (χ1v) is 7.84. The molecule has 0 aromatic heterocycles. The summed E-state index contributed by atoms with van der Waals surface area (Å²) in [6.45, 7) is 2.59. The van der Waals surface area contributed by atoms with Gasteiger partial charge < -0.3 is 15.1 Å². The van der Waals surface area contributed by atoms with Gasteiger partial charge in [-0.3, -0.25) is 0 Å². The van der Waals surface area contributed by atoms with Gasteiger partial charge in [-0.25, -0.2) is 0 Å². The van der Waals surface area contributed by atoms with E-state index in [9.17, 15) is 5.11 Å². The zero-order valence-corrected chi connectivity index (χ0v) is 11.6.